The van der Waals surface area contributed by atoms with Gasteiger partial charge < -0.3 is 9.63 Å². The van der Waals surface area contributed by atoms with Gasteiger partial charge in [-0.3, -0.25) is 0 Å². The summed E-state index contributed by atoms with van der Waals surface area (Å²) in [4.78, 5) is 0. The van der Waals surface area contributed by atoms with Crippen LogP contribution in [0.5, 0.6) is 0 Å². The van der Waals surface area contributed by atoms with Gasteiger partial charge >= 0.3 is 0 Å². The normalized spacial score (nSPS) is 13.4. The van der Waals surface area contributed by atoms with Crippen LogP contribution in [0.25, 0.3) is 11.0 Å². The van der Waals surface area contributed by atoms with Gasteiger partial charge in [-0.15, -0.1) is 0 Å². The second-order valence-corrected chi connectivity index (χ2v) is 3.21. The summed E-state index contributed by atoms with van der Waals surface area (Å²) in [6, 6.07) is 5.76. The lowest BCUT2D eigenvalue weighted by Crippen LogP contribution is -2.03. The fraction of sp³-hybridized carbons (Fsp3) is 0.300. The van der Waals surface area contributed by atoms with Gasteiger partial charge in [-0.1, -0.05) is 17.3 Å². The molecule has 1 unspecified atom stereocenters. The van der Waals surface area contributed by atoms with Crippen LogP contribution in [0.3, 0.4) is 0 Å². The lowest BCUT2D eigenvalue weighted by molar-refractivity contribution is 0.196. The summed E-state index contributed by atoms with van der Waals surface area (Å²) < 4.78 is 5.01. The monoisotopic (exact) mass is 177 g/mol. The molecule has 2 rings (SSSR count). The fourth-order valence-electron chi connectivity index (χ4n) is 1.45. The maximum absolute atomic E-state index is 9.25. The summed E-state index contributed by atoms with van der Waals surface area (Å²) in [5, 5.41) is 14.0. The number of aromatic nitrogens is 1. The van der Waals surface area contributed by atoms with Crippen molar-refractivity contribution in [3.05, 3.63) is 30.0 Å². The molecule has 3 nitrogen and oxygen atoms in total. The van der Waals surface area contributed by atoms with E-state index in [0.717, 1.165) is 16.5 Å². The zero-order valence-electron chi connectivity index (χ0n) is 7.40. The fourth-order valence-corrected chi connectivity index (χ4v) is 1.45. The van der Waals surface area contributed by atoms with Crippen LogP contribution < -0.4 is 0 Å². The molecule has 13 heavy (non-hydrogen) atoms. The van der Waals surface area contributed by atoms with Gasteiger partial charge in [0, 0.05) is 5.39 Å². The third-order valence-electron chi connectivity index (χ3n) is 2.00. The molecule has 1 N–H and O–H groups in total. The van der Waals surface area contributed by atoms with Gasteiger partial charge in [0.25, 0.3) is 0 Å². The van der Waals surface area contributed by atoms with Crippen molar-refractivity contribution in [1.29, 1.82) is 0 Å². The van der Waals surface area contributed by atoms with Crippen molar-refractivity contribution in [2.75, 3.05) is 0 Å². The maximum atomic E-state index is 9.25. The first kappa shape index (κ1) is 8.26. The number of aliphatic hydroxyl groups is 1. The van der Waals surface area contributed by atoms with Crippen LogP contribution in [0.2, 0.25) is 0 Å². The first-order valence-electron chi connectivity index (χ1n) is 4.27. The van der Waals surface area contributed by atoms with Crippen LogP contribution in [0.4, 0.5) is 0 Å². The lowest BCUT2D eigenvalue weighted by Gasteiger charge is -2.03. The number of fused-ring (bicyclic) bond motifs is 1. The van der Waals surface area contributed by atoms with Crippen LogP contribution in [-0.2, 0) is 6.42 Å². The number of hydrogen-bond acceptors (Lipinski definition) is 3. The highest BCUT2D eigenvalue weighted by atomic mass is 16.5. The molecule has 0 spiro atoms. The minimum absolute atomic E-state index is 0.333. The predicted molar refractivity (Wildman–Crippen MR) is 49.4 cm³/mol. The molecule has 0 radical (unpaired) electrons. The summed E-state index contributed by atoms with van der Waals surface area (Å²) in [5.41, 5.74) is 1.85. The Labute approximate surface area is 76.0 Å². The minimum Gasteiger partial charge on any atom is -0.393 e. The molecule has 3 heteroatoms. The number of nitrogens with zero attached hydrogens (tertiary/aromatic N) is 1. The number of benzene rings is 1. The van der Waals surface area contributed by atoms with Crippen molar-refractivity contribution < 1.29 is 9.63 Å². The summed E-state index contributed by atoms with van der Waals surface area (Å²) in [5.74, 6) is 0. The number of hydrogen-bond donors (Lipinski definition) is 1. The van der Waals surface area contributed by atoms with E-state index in [1.54, 1.807) is 13.1 Å². The first-order valence-corrected chi connectivity index (χ1v) is 4.27. The largest absolute Gasteiger partial charge is 0.393 e. The molecule has 68 valence electrons. The molecule has 0 fully saturated rings. The van der Waals surface area contributed by atoms with E-state index in [2.05, 4.69) is 5.16 Å². The Morgan fingerprint density at radius 3 is 3.15 bits per heavy atom. The van der Waals surface area contributed by atoms with E-state index >= 15 is 0 Å². The molecule has 0 saturated heterocycles. The molecule has 0 amide bonds. The third-order valence-corrected chi connectivity index (χ3v) is 2.00. The van der Waals surface area contributed by atoms with Gasteiger partial charge in [-0.2, -0.15) is 0 Å². The number of rotatable bonds is 2. The van der Waals surface area contributed by atoms with Crippen LogP contribution >= 0.6 is 0 Å². The van der Waals surface area contributed by atoms with E-state index in [9.17, 15) is 5.11 Å². The number of aliphatic hydroxyl groups excluding tert-OH is 1. The smallest absolute Gasteiger partial charge is 0.167 e. The molecule has 1 aromatic carbocycles. The lowest BCUT2D eigenvalue weighted by atomic mass is 10.1. The quantitative estimate of drug-likeness (QED) is 0.760. The molecule has 0 aliphatic carbocycles. The summed E-state index contributed by atoms with van der Waals surface area (Å²) in [6.45, 7) is 1.77. The van der Waals surface area contributed by atoms with E-state index in [4.69, 9.17) is 4.52 Å². The Hall–Kier alpha value is -1.35. The molecule has 0 aliphatic rings. The molecule has 1 heterocycles. The van der Waals surface area contributed by atoms with E-state index in [1.165, 1.54) is 0 Å². The van der Waals surface area contributed by atoms with E-state index < -0.39 is 0 Å². The van der Waals surface area contributed by atoms with E-state index in [-0.39, 0.29) is 6.10 Å². The van der Waals surface area contributed by atoms with Gasteiger partial charge in [0.2, 0.25) is 0 Å². The average molecular weight is 177 g/mol. The Balaban J connectivity index is 2.48. The maximum Gasteiger partial charge on any atom is 0.167 e. The van der Waals surface area contributed by atoms with Crippen molar-refractivity contribution in [3.63, 3.8) is 0 Å². The molecular formula is C10H11NO2. The van der Waals surface area contributed by atoms with Gasteiger partial charge in [0.15, 0.2) is 5.58 Å². The molecule has 0 saturated carbocycles. The predicted octanol–water partition coefficient (Wildman–Crippen LogP) is 1.75. The van der Waals surface area contributed by atoms with Crippen molar-refractivity contribution in [1.82, 2.24) is 5.16 Å². The third kappa shape index (κ3) is 1.55. The van der Waals surface area contributed by atoms with Crippen LogP contribution in [0, 0.1) is 0 Å². The summed E-state index contributed by atoms with van der Waals surface area (Å²) in [7, 11) is 0. The van der Waals surface area contributed by atoms with E-state index in [1.807, 2.05) is 18.2 Å². The Bertz CT molecular complexity index is 406. The van der Waals surface area contributed by atoms with Gasteiger partial charge in [0.05, 0.1) is 12.3 Å². The van der Waals surface area contributed by atoms with Crippen molar-refractivity contribution >= 4 is 11.0 Å². The second-order valence-electron chi connectivity index (χ2n) is 3.21. The molecule has 2 aromatic rings. The Morgan fingerprint density at radius 2 is 2.38 bits per heavy atom. The van der Waals surface area contributed by atoms with Crippen LogP contribution in [-0.4, -0.2) is 16.4 Å². The Kier molecular flexibility index (Phi) is 2.02. The van der Waals surface area contributed by atoms with E-state index in [0.29, 0.717) is 6.42 Å². The zero-order chi connectivity index (χ0) is 9.26. The molecular weight excluding hydrogens is 166 g/mol. The average Bonchev–Trinajstić information content (AvgIpc) is 2.51. The standard InChI is InChI=1S/C10H11NO2/c1-7(12)5-8-3-2-4-10-9(8)6-11-13-10/h2-4,6-7,12H,5H2,1H3. The first-order chi connectivity index (χ1) is 6.27. The minimum atomic E-state index is -0.333. The summed E-state index contributed by atoms with van der Waals surface area (Å²) in [6.07, 6.45) is 1.99. The van der Waals surface area contributed by atoms with Gasteiger partial charge in [-0.05, 0) is 25.0 Å². The van der Waals surface area contributed by atoms with Crippen molar-refractivity contribution in [2.45, 2.75) is 19.4 Å². The van der Waals surface area contributed by atoms with Crippen LogP contribution in [0.15, 0.2) is 28.9 Å². The second kappa shape index (κ2) is 3.18. The highest BCUT2D eigenvalue weighted by Gasteiger charge is 2.06. The molecule has 1 aromatic heterocycles. The molecule has 0 bridgehead atoms. The Morgan fingerprint density at radius 1 is 1.54 bits per heavy atom. The van der Waals surface area contributed by atoms with Crippen molar-refractivity contribution in [2.24, 2.45) is 0 Å². The summed E-state index contributed by atoms with van der Waals surface area (Å²) >= 11 is 0. The van der Waals surface area contributed by atoms with Gasteiger partial charge in [-0.25, -0.2) is 0 Å². The highest BCUT2D eigenvalue weighted by molar-refractivity contribution is 5.79. The zero-order valence-corrected chi connectivity index (χ0v) is 7.40. The highest BCUT2D eigenvalue weighted by Crippen LogP contribution is 2.19. The SMILES string of the molecule is CC(O)Cc1cccc2oncc12. The molecule has 1 atom stereocenters. The topological polar surface area (TPSA) is 46.3 Å². The van der Waals surface area contributed by atoms with Crippen molar-refractivity contribution in [3.8, 4) is 0 Å². The van der Waals surface area contributed by atoms with Gasteiger partial charge in [0.1, 0.15) is 0 Å². The molecule has 0 aliphatic heterocycles. The van der Waals surface area contributed by atoms with Crippen LogP contribution in [0.1, 0.15) is 12.5 Å².